The molecule has 2 aromatic rings. The van der Waals surface area contributed by atoms with Gasteiger partial charge in [-0.05, 0) is 37.0 Å². The van der Waals surface area contributed by atoms with Crippen LogP contribution in [0.1, 0.15) is 41.7 Å². The average molecular weight is 435 g/mol. The molecule has 2 aliphatic heterocycles. The molecule has 0 bridgehead atoms. The Labute approximate surface area is 188 Å². The molecule has 0 unspecified atom stereocenters. The number of nitrogens with zero attached hydrogens (tertiary/aromatic N) is 5. The molecule has 1 aliphatic carbocycles. The van der Waals surface area contributed by atoms with Gasteiger partial charge in [0.15, 0.2) is 5.82 Å². The van der Waals surface area contributed by atoms with Crippen molar-refractivity contribution in [2.75, 3.05) is 49.5 Å². The third-order valence-corrected chi connectivity index (χ3v) is 6.81. The van der Waals surface area contributed by atoms with E-state index in [4.69, 9.17) is 0 Å². The van der Waals surface area contributed by atoms with Crippen molar-refractivity contribution in [3.8, 4) is 0 Å². The van der Waals surface area contributed by atoms with Crippen LogP contribution in [0.4, 0.5) is 11.5 Å². The Morgan fingerprint density at radius 2 is 1.91 bits per heavy atom. The van der Waals surface area contributed by atoms with Crippen molar-refractivity contribution >= 4 is 23.3 Å². The summed E-state index contributed by atoms with van der Waals surface area (Å²) in [7, 11) is 0. The Kier molecular flexibility index (Phi) is 6.03. The average Bonchev–Trinajstić information content (AvgIpc) is 3.34. The monoisotopic (exact) mass is 434 g/mol. The molecule has 32 heavy (non-hydrogen) atoms. The van der Waals surface area contributed by atoms with Gasteiger partial charge >= 0.3 is 0 Å². The molecule has 0 aromatic carbocycles. The second-order valence-corrected chi connectivity index (χ2v) is 8.99. The molecular formula is C24H30N6O2. The van der Waals surface area contributed by atoms with Gasteiger partial charge in [-0.25, -0.2) is 4.98 Å². The van der Waals surface area contributed by atoms with Crippen LogP contribution in [0.3, 0.4) is 0 Å². The zero-order valence-electron chi connectivity index (χ0n) is 18.4. The maximum Gasteiger partial charge on any atom is 0.255 e. The SMILES string of the molecule is O=C(c1cnc2c(c1)N(Cc1ccccn1)C(=O)CN2)N1CCN(CC2CCCC2)CC1. The summed E-state index contributed by atoms with van der Waals surface area (Å²) in [6.07, 6.45) is 8.76. The number of carbonyl (C=O) groups is 2. The fourth-order valence-electron chi connectivity index (χ4n) is 5.00. The summed E-state index contributed by atoms with van der Waals surface area (Å²) in [6, 6.07) is 7.44. The Bertz CT molecular complexity index is 968. The minimum atomic E-state index is -0.0601. The minimum Gasteiger partial charge on any atom is -0.359 e. The van der Waals surface area contributed by atoms with E-state index in [9.17, 15) is 9.59 Å². The Morgan fingerprint density at radius 1 is 1.09 bits per heavy atom. The highest BCUT2D eigenvalue weighted by molar-refractivity contribution is 6.04. The van der Waals surface area contributed by atoms with E-state index in [-0.39, 0.29) is 18.4 Å². The van der Waals surface area contributed by atoms with E-state index >= 15 is 0 Å². The molecule has 0 radical (unpaired) electrons. The Hall–Kier alpha value is -3.00. The molecule has 1 saturated carbocycles. The van der Waals surface area contributed by atoms with E-state index in [2.05, 4.69) is 20.2 Å². The lowest BCUT2D eigenvalue weighted by Gasteiger charge is -2.36. The van der Waals surface area contributed by atoms with Gasteiger partial charge < -0.3 is 15.1 Å². The number of hydrogen-bond donors (Lipinski definition) is 1. The van der Waals surface area contributed by atoms with Gasteiger partial charge in [-0.1, -0.05) is 18.9 Å². The number of nitrogens with one attached hydrogen (secondary N) is 1. The first-order valence-corrected chi connectivity index (χ1v) is 11.6. The van der Waals surface area contributed by atoms with Crippen molar-refractivity contribution in [1.29, 1.82) is 0 Å². The standard InChI is InChI=1S/C24H30N6O2/c31-22-15-27-23-21(30(22)17-20-7-3-4-8-25-20)13-19(14-26-23)24(32)29-11-9-28(10-12-29)16-18-5-1-2-6-18/h3-4,7-8,13-14,18H,1-2,5-6,9-12,15-17H2,(H,26,27). The lowest BCUT2D eigenvalue weighted by Crippen LogP contribution is -2.49. The molecule has 8 nitrogen and oxygen atoms in total. The zero-order chi connectivity index (χ0) is 21.9. The van der Waals surface area contributed by atoms with E-state index < -0.39 is 0 Å². The largest absolute Gasteiger partial charge is 0.359 e. The van der Waals surface area contributed by atoms with Crippen molar-refractivity contribution in [1.82, 2.24) is 19.8 Å². The van der Waals surface area contributed by atoms with Crippen molar-refractivity contribution < 1.29 is 9.59 Å². The normalized spacial score (nSPS) is 19.7. The minimum absolute atomic E-state index is 0.0170. The number of rotatable bonds is 5. The van der Waals surface area contributed by atoms with Gasteiger partial charge in [-0.15, -0.1) is 0 Å². The van der Waals surface area contributed by atoms with Crippen LogP contribution in [0.2, 0.25) is 0 Å². The number of fused-ring (bicyclic) bond motifs is 1. The molecule has 5 rings (SSSR count). The van der Waals surface area contributed by atoms with Gasteiger partial charge in [-0.3, -0.25) is 19.5 Å². The number of hydrogen-bond acceptors (Lipinski definition) is 6. The number of anilines is 2. The molecule has 2 fully saturated rings. The van der Waals surface area contributed by atoms with Crippen LogP contribution in [0.25, 0.3) is 0 Å². The van der Waals surface area contributed by atoms with E-state index in [0.29, 0.717) is 23.6 Å². The second-order valence-electron chi connectivity index (χ2n) is 8.99. The predicted octanol–water partition coefficient (Wildman–Crippen LogP) is 2.38. The van der Waals surface area contributed by atoms with Crippen LogP contribution in [0.5, 0.6) is 0 Å². The van der Waals surface area contributed by atoms with Crippen LogP contribution >= 0.6 is 0 Å². The highest BCUT2D eigenvalue weighted by atomic mass is 16.2. The molecule has 0 spiro atoms. The zero-order valence-corrected chi connectivity index (χ0v) is 18.4. The molecule has 2 aromatic heterocycles. The molecule has 2 amide bonds. The fraction of sp³-hybridized carbons (Fsp3) is 0.500. The molecule has 0 atom stereocenters. The maximum atomic E-state index is 13.2. The van der Waals surface area contributed by atoms with Gasteiger partial charge in [0.2, 0.25) is 5.91 Å². The predicted molar refractivity (Wildman–Crippen MR) is 122 cm³/mol. The van der Waals surface area contributed by atoms with Crippen LogP contribution in [0.15, 0.2) is 36.7 Å². The summed E-state index contributed by atoms with van der Waals surface area (Å²) in [4.78, 5) is 40.7. The smallest absolute Gasteiger partial charge is 0.255 e. The molecule has 1 N–H and O–H groups in total. The first-order valence-electron chi connectivity index (χ1n) is 11.6. The number of carbonyl (C=O) groups excluding carboxylic acids is 2. The lowest BCUT2D eigenvalue weighted by molar-refractivity contribution is -0.117. The van der Waals surface area contributed by atoms with E-state index in [0.717, 1.165) is 37.8 Å². The summed E-state index contributed by atoms with van der Waals surface area (Å²) in [6.45, 7) is 5.02. The summed E-state index contributed by atoms with van der Waals surface area (Å²) in [5.41, 5.74) is 1.96. The van der Waals surface area contributed by atoms with Crippen LogP contribution in [-0.4, -0.2) is 70.9 Å². The maximum absolute atomic E-state index is 13.2. The van der Waals surface area contributed by atoms with E-state index in [1.165, 1.54) is 32.2 Å². The highest BCUT2D eigenvalue weighted by Crippen LogP contribution is 2.30. The topological polar surface area (TPSA) is 81.7 Å². The van der Waals surface area contributed by atoms with Gasteiger partial charge in [0.1, 0.15) is 0 Å². The van der Waals surface area contributed by atoms with Gasteiger partial charge in [0, 0.05) is 45.1 Å². The van der Waals surface area contributed by atoms with Crippen molar-refractivity contribution in [2.45, 2.75) is 32.2 Å². The summed E-state index contributed by atoms with van der Waals surface area (Å²) in [5, 5.41) is 3.06. The fourth-order valence-corrected chi connectivity index (χ4v) is 5.00. The number of amides is 2. The molecule has 3 aliphatic rings. The number of pyridine rings is 2. The molecule has 8 heteroatoms. The number of aromatic nitrogens is 2. The molecular weight excluding hydrogens is 404 g/mol. The summed E-state index contributed by atoms with van der Waals surface area (Å²) in [5.74, 6) is 1.38. The molecule has 4 heterocycles. The molecule has 168 valence electrons. The Balaban J connectivity index is 1.27. The highest BCUT2D eigenvalue weighted by Gasteiger charge is 2.29. The van der Waals surface area contributed by atoms with Crippen LogP contribution in [-0.2, 0) is 11.3 Å². The molecule has 1 saturated heterocycles. The van der Waals surface area contributed by atoms with Crippen LogP contribution < -0.4 is 10.2 Å². The Morgan fingerprint density at radius 3 is 2.66 bits per heavy atom. The quantitative estimate of drug-likeness (QED) is 0.778. The number of piperazine rings is 1. The van der Waals surface area contributed by atoms with Crippen molar-refractivity contribution in [3.05, 3.63) is 47.9 Å². The first-order chi connectivity index (χ1) is 15.7. The summed E-state index contributed by atoms with van der Waals surface area (Å²) < 4.78 is 0. The van der Waals surface area contributed by atoms with E-state index in [1.807, 2.05) is 23.1 Å². The third kappa shape index (κ3) is 4.46. The van der Waals surface area contributed by atoms with Crippen LogP contribution in [0, 0.1) is 5.92 Å². The van der Waals surface area contributed by atoms with E-state index in [1.54, 1.807) is 23.4 Å². The third-order valence-electron chi connectivity index (χ3n) is 6.81. The lowest BCUT2D eigenvalue weighted by atomic mass is 10.1. The first kappa shape index (κ1) is 20.9. The van der Waals surface area contributed by atoms with Gasteiger partial charge in [0.05, 0.1) is 30.0 Å². The second kappa shape index (κ2) is 9.24. The van der Waals surface area contributed by atoms with Gasteiger partial charge in [-0.2, -0.15) is 0 Å². The summed E-state index contributed by atoms with van der Waals surface area (Å²) >= 11 is 0. The van der Waals surface area contributed by atoms with Crippen molar-refractivity contribution in [3.63, 3.8) is 0 Å². The van der Waals surface area contributed by atoms with Gasteiger partial charge in [0.25, 0.3) is 5.91 Å². The van der Waals surface area contributed by atoms with Crippen molar-refractivity contribution in [2.24, 2.45) is 5.92 Å².